The zero-order valence-corrected chi connectivity index (χ0v) is 17.3. The summed E-state index contributed by atoms with van der Waals surface area (Å²) >= 11 is 0. The maximum Gasteiger partial charge on any atom is 0.422 e. The van der Waals surface area contributed by atoms with Crippen LogP contribution in [0.2, 0.25) is 0 Å². The number of carbonyl (C=O) groups excluding carboxylic acids is 1. The highest BCUT2D eigenvalue weighted by atomic mass is 127. The van der Waals surface area contributed by atoms with E-state index in [2.05, 4.69) is 25.7 Å². The zero-order valence-electron chi connectivity index (χ0n) is 14.9. The first kappa shape index (κ1) is 23.3. The summed E-state index contributed by atoms with van der Waals surface area (Å²) in [4.78, 5) is 16.1. The molecule has 0 unspecified atom stereocenters. The van der Waals surface area contributed by atoms with Crippen molar-refractivity contribution in [2.45, 2.75) is 38.5 Å². The van der Waals surface area contributed by atoms with Gasteiger partial charge in [-0.3, -0.25) is 4.79 Å². The highest BCUT2D eigenvalue weighted by molar-refractivity contribution is 14.0. The van der Waals surface area contributed by atoms with E-state index in [0.717, 1.165) is 18.4 Å². The normalized spacial score (nSPS) is 14.1. The molecular formula is C17H24F3IN4O2. The second-order valence-electron chi connectivity index (χ2n) is 5.94. The molecule has 1 aromatic rings. The van der Waals surface area contributed by atoms with Crippen LogP contribution in [0.15, 0.2) is 29.3 Å². The minimum atomic E-state index is -4.36. The number of aliphatic imine (C=N–C) groups is 1. The first-order chi connectivity index (χ1) is 12.4. The van der Waals surface area contributed by atoms with Gasteiger partial charge in [0.1, 0.15) is 5.75 Å². The van der Waals surface area contributed by atoms with Crippen LogP contribution in [0.25, 0.3) is 0 Å². The van der Waals surface area contributed by atoms with Crippen molar-refractivity contribution < 1.29 is 22.7 Å². The number of rotatable bonds is 8. The van der Waals surface area contributed by atoms with Gasteiger partial charge in [-0.2, -0.15) is 13.2 Å². The lowest BCUT2D eigenvalue weighted by Gasteiger charge is -2.12. The number of hydrogen-bond donors (Lipinski definition) is 3. The summed E-state index contributed by atoms with van der Waals surface area (Å²) < 4.78 is 41.0. The Morgan fingerprint density at radius 3 is 2.44 bits per heavy atom. The van der Waals surface area contributed by atoms with E-state index in [0.29, 0.717) is 25.1 Å². The molecule has 1 amide bonds. The molecule has 10 heteroatoms. The minimum absolute atomic E-state index is 0. The number of ether oxygens (including phenoxy) is 1. The smallest absolute Gasteiger partial charge is 0.422 e. The van der Waals surface area contributed by atoms with Crippen molar-refractivity contribution in [3.63, 3.8) is 0 Å². The third kappa shape index (κ3) is 10.3. The van der Waals surface area contributed by atoms with E-state index >= 15 is 0 Å². The van der Waals surface area contributed by atoms with Gasteiger partial charge in [0, 0.05) is 12.6 Å². The fraction of sp³-hybridized carbons (Fsp3) is 0.529. The van der Waals surface area contributed by atoms with E-state index in [-0.39, 0.29) is 42.2 Å². The Kier molecular flexibility index (Phi) is 9.67. The molecule has 0 heterocycles. The van der Waals surface area contributed by atoms with Gasteiger partial charge in [0.15, 0.2) is 12.6 Å². The fourth-order valence-electron chi connectivity index (χ4n) is 2.04. The van der Waals surface area contributed by atoms with Crippen LogP contribution in [0.5, 0.6) is 5.75 Å². The molecule has 27 heavy (non-hydrogen) atoms. The molecule has 2 rings (SSSR count). The van der Waals surface area contributed by atoms with E-state index in [1.54, 1.807) is 12.1 Å². The van der Waals surface area contributed by atoms with Gasteiger partial charge >= 0.3 is 6.18 Å². The second-order valence-corrected chi connectivity index (χ2v) is 5.94. The molecule has 1 saturated carbocycles. The topological polar surface area (TPSA) is 74.8 Å². The van der Waals surface area contributed by atoms with Crippen LogP contribution in [0.4, 0.5) is 13.2 Å². The van der Waals surface area contributed by atoms with Crippen LogP contribution in [0.1, 0.15) is 25.3 Å². The number of hydrogen-bond acceptors (Lipinski definition) is 3. The van der Waals surface area contributed by atoms with E-state index in [1.165, 1.54) is 12.1 Å². The molecule has 1 aromatic carbocycles. The summed E-state index contributed by atoms with van der Waals surface area (Å²) in [5.74, 6) is 0.567. The number of nitrogens with zero attached hydrogens (tertiary/aromatic N) is 1. The van der Waals surface area contributed by atoms with Crippen LogP contribution in [0, 0.1) is 0 Å². The molecule has 6 nitrogen and oxygen atoms in total. The summed E-state index contributed by atoms with van der Waals surface area (Å²) in [6.45, 7) is 1.68. The Labute approximate surface area is 173 Å². The van der Waals surface area contributed by atoms with Crippen LogP contribution in [-0.2, 0) is 11.3 Å². The third-order valence-corrected chi connectivity index (χ3v) is 3.45. The molecular weight excluding hydrogens is 476 g/mol. The number of guanidine groups is 1. The summed E-state index contributed by atoms with van der Waals surface area (Å²) in [7, 11) is 0. The van der Waals surface area contributed by atoms with E-state index < -0.39 is 12.8 Å². The molecule has 0 atom stereocenters. The summed E-state index contributed by atoms with van der Waals surface area (Å²) in [5, 5.41) is 8.86. The lowest BCUT2D eigenvalue weighted by Crippen LogP contribution is -2.43. The van der Waals surface area contributed by atoms with Crippen molar-refractivity contribution in [3.8, 4) is 5.75 Å². The van der Waals surface area contributed by atoms with Crippen molar-refractivity contribution in [1.29, 1.82) is 0 Å². The SMILES string of the molecule is CCNC(=NCc1ccc(OCC(F)(F)F)cc1)NCC(=O)NC1CC1.I. The Bertz CT molecular complexity index is 620. The highest BCUT2D eigenvalue weighted by Crippen LogP contribution is 2.19. The molecule has 0 radical (unpaired) electrons. The fourth-order valence-corrected chi connectivity index (χ4v) is 2.04. The van der Waals surface area contributed by atoms with Crippen LogP contribution in [-0.4, -0.2) is 43.8 Å². The average Bonchev–Trinajstić information content (AvgIpc) is 3.39. The Balaban J connectivity index is 0.00000364. The molecule has 0 saturated heterocycles. The van der Waals surface area contributed by atoms with Crippen molar-refractivity contribution in [3.05, 3.63) is 29.8 Å². The molecule has 1 fully saturated rings. The van der Waals surface area contributed by atoms with Crippen molar-refractivity contribution in [2.75, 3.05) is 19.7 Å². The van der Waals surface area contributed by atoms with Crippen molar-refractivity contribution in [2.24, 2.45) is 4.99 Å². The Hall–Kier alpha value is -1.72. The molecule has 0 aliphatic heterocycles. The van der Waals surface area contributed by atoms with Gasteiger partial charge < -0.3 is 20.7 Å². The Morgan fingerprint density at radius 2 is 1.89 bits per heavy atom. The lowest BCUT2D eigenvalue weighted by molar-refractivity contribution is -0.153. The maximum atomic E-state index is 12.1. The predicted octanol–water partition coefficient (Wildman–Crippen LogP) is 2.58. The molecule has 1 aliphatic carbocycles. The number of alkyl halides is 3. The Morgan fingerprint density at radius 1 is 1.22 bits per heavy atom. The quantitative estimate of drug-likeness (QED) is 0.292. The first-order valence-electron chi connectivity index (χ1n) is 8.46. The molecule has 0 aromatic heterocycles. The number of halogens is 4. The molecule has 152 valence electrons. The van der Waals surface area contributed by atoms with Crippen molar-refractivity contribution in [1.82, 2.24) is 16.0 Å². The molecule has 0 bridgehead atoms. The lowest BCUT2D eigenvalue weighted by atomic mass is 10.2. The largest absolute Gasteiger partial charge is 0.484 e. The third-order valence-electron chi connectivity index (χ3n) is 3.45. The van der Waals surface area contributed by atoms with Gasteiger partial charge in [0.2, 0.25) is 5.91 Å². The predicted molar refractivity (Wildman–Crippen MR) is 107 cm³/mol. The monoisotopic (exact) mass is 500 g/mol. The van der Waals surface area contributed by atoms with Gasteiger partial charge in [-0.1, -0.05) is 12.1 Å². The number of nitrogens with one attached hydrogen (secondary N) is 3. The number of benzene rings is 1. The zero-order chi connectivity index (χ0) is 19.0. The molecule has 0 spiro atoms. The van der Waals surface area contributed by atoms with E-state index in [9.17, 15) is 18.0 Å². The van der Waals surface area contributed by atoms with Crippen LogP contribution >= 0.6 is 24.0 Å². The second kappa shape index (κ2) is 11.2. The van der Waals surface area contributed by atoms with Crippen LogP contribution in [0.3, 0.4) is 0 Å². The van der Waals surface area contributed by atoms with Gasteiger partial charge in [0.25, 0.3) is 0 Å². The van der Waals surface area contributed by atoms with Gasteiger partial charge in [-0.05, 0) is 37.5 Å². The number of carbonyl (C=O) groups is 1. The van der Waals surface area contributed by atoms with Gasteiger partial charge in [-0.25, -0.2) is 4.99 Å². The summed E-state index contributed by atoms with van der Waals surface area (Å²) in [6.07, 6.45) is -2.30. The maximum absolute atomic E-state index is 12.1. The molecule has 1 aliphatic rings. The van der Waals surface area contributed by atoms with E-state index in [4.69, 9.17) is 0 Å². The highest BCUT2D eigenvalue weighted by Gasteiger charge is 2.28. The van der Waals surface area contributed by atoms with Crippen LogP contribution < -0.4 is 20.7 Å². The average molecular weight is 500 g/mol. The van der Waals surface area contributed by atoms with Gasteiger partial charge in [0.05, 0.1) is 13.1 Å². The first-order valence-corrected chi connectivity index (χ1v) is 8.46. The number of amides is 1. The summed E-state index contributed by atoms with van der Waals surface area (Å²) in [6, 6.07) is 6.55. The van der Waals surface area contributed by atoms with Crippen molar-refractivity contribution >= 4 is 35.8 Å². The van der Waals surface area contributed by atoms with Gasteiger partial charge in [-0.15, -0.1) is 24.0 Å². The van der Waals surface area contributed by atoms with E-state index in [1.807, 2.05) is 6.92 Å². The minimum Gasteiger partial charge on any atom is -0.484 e. The summed E-state index contributed by atoms with van der Waals surface area (Å²) in [5.41, 5.74) is 0.809. The standard InChI is InChI=1S/C17H23F3N4O2.HI/c1-2-21-16(23-10-15(25)24-13-5-6-13)22-9-12-3-7-14(8-4-12)26-11-17(18,19)20;/h3-4,7-8,13H,2,5-6,9-11H2,1H3,(H,24,25)(H2,21,22,23);1H. The molecule has 3 N–H and O–H groups in total.